The molecular formula is C15H12N4. The van der Waals surface area contributed by atoms with E-state index in [0.717, 1.165) is 16.7 Å². The molecule has 19 heavy (non-hydrogen) atoms. The number of benzene rings is 1. The molecule has 2 heterocycles. The van der Waals surface area contributed by atoms with Crippen molar-refractivity contribution < 1.29 is 0 Å². The summed E-state index contributed by atoms with van der Waals surface area (Å²) in [6, 6.07) is 9.87. The van der Waals surface area contributed by atoms with Crippen LogP contribution in [-0.2, 0) is 0 Å². The van der Waals surface area contributed by atoms with E-state index in [2.05, 4.69) is 19.9 Å². The van der Waals surface area contributed by atoms with Gasteiger partial charge in [-0.25, -0.2) is 19.9 Å². The summed E-state index contributed by atoms with van der Waals surface area (Å²) in [7, 11) is 0. The molecule has 1 aromatic carbocycles. The standard InChI is InChI=1S/C15H12N4/c1-11-7-16-15(17-8-11)13-9-18-14(19-10-13)12-5-3-2-4-6-12/h2-10H,1H3. The van der Waals surface area contributed by atoms with Crippen LogP contribution in [0.3, 0.4) is 0 Å². The number of hydrogen-bond donors (Lipinski definition) is 0. The fourth-order valence-corrected chi connectivity index (χ4v) is 1.72. The third kappa shape index (κ3) is 2.47. The molecule has 0 aliphatic rings. The molecule has 92 valence electrons. The highest BCUT2D eigenvalue weighted by molar-refractivity contribution is 5.58. The lowest BCUT2D eigenvalue weighted by molar-refractivity contribution is 1.11. The molecule has 4 heteroatoms. The van der Waals surface area contributed by atoms with E-state index >= 15 is 0 Å². The number of aromatic nitrogens is 4. The molecule has 0 radical (unpaired) electrons. The van der Waals surface area contributed by atoms with Crippen molar-refractivity contribution in [3.8, 4) is 22.8 Å². The van der Waals surface area contributed by atoms with Gasteiger partial charge in [0.15, 0.2) is 11.6 Å². The van der Waals surface area contributed by atoms with Crippen molar-refractivity contribution in [2.24, 2.45) is 0 Å². The van der Waals surface area contributed by atoms with Crippen molar-refractivity contribution in [2.45, 2.75) is 6.92 Å². The van der Waals surface area contributed by atoms with E-state index in [1.807, 2.05) is 37.3 Å². The zero-order valence-electron chi connectivity index (χ0n) is 10.5. The number of hydrogen-bond acceptors (Lipinski definition) is 4. The summed E-state index contributed by atoms with van der Waals surface area (Å²) in [4.78, 5) is 17.2. The predicted molar refractivity (Wildman–Crippen MR) is 73.2 cm³/mol. The van der Waals surface area contributed by atoms with Gasteiger partial charge in [0, 0.05) is 30.4 Å². The van der Waals surface area contributed by atoms with Gasteiger partial charge in [0.25, 0.3) is 0 Å². The molecule has 0 N–H and O–H groups in total. The first-order valence-corrected chi connectivity index (χ1v) is 5.99. The Balaban J connectivity index is 1.93. The molecule has 0 saturated heterocycles. The molecule has 3 aromatic rings. The molecule has 4 nitrogen and oxygen atoms in total. The second kappa shape index (κ2) is 4.94. The van der Waals surface area contributed by atoms with E-state index in [-0.39, 0.29) is 0 Å². The maximum Gasteiger partial charge on any atom is 0.162 e. The zero-order chi connectivity index (χ0) is 13.1. The third-order valence-electron chi connectivity index (χ3n) is 2.72. The van der Waals surface area contributed by atoms with Crippen molar-refractivity contribution in [3.05, 3.63) is 60.7 Å². The predicted octanol–water partition coefficient (Wildman–Crippen LogP) is 2.91. The van der Waals surface area contributed by atoms with Crippen LogP contribution in [0.4, 0.5) is 0 Å². The molecule has 0 spiro atoms. The number of nitrogens with zero attached hydrogens (tertiary/aromatic N) is 4. The van der Waals surface area contributed by atoms with Crippen LogP contribution in [0.25, 0.3) is 22.8 Å². The highest BCUT2D eigenvalue weighted by Gasteiger charge is 2.04. The van der Waals surface area contributed by atoms with Crippen LogP contribution in [-0.4, -0.2) is 19.9 Å². The Morgan fingerprint density at radius 2 is 1.16 bits per heavy atom. The van der Waals surface area contributed by atoms with Gasteiger partial charge in [-0.15, -0.1) is 0 Å². The van der Waals surface area contributed by atoms with Crippen LogP contribution in [0.2, 0.25) is 0 Å². The minimum Gasteiger partial charge on any atom is -0.236 e. The van der Waals surface area contributed by atoms with Crippen LogP contribution < -0.4 is 0 Å². The Labute approximate surface area is 111 Å². The van der Waals surface area contributed by atoms with Gasteiger partial charge in [-0.3, -0.25) is 0 Å². The van der Waals surface area contributed by atoms with Crippen LogP contribution in [0.5, 0.6) is 0 Å². The van der Waals surface area contributed by atoms with E-state index < -0.39 is 0 Å². The summed E-state index contributed by atoms with van der Waals surface area (Å²) in [6.45, 7) is 1.96. The average molecular weight is 248 g/mol. The minimum atomic E-state index is 0.644. The van der Waals surface area contributed by atoms with Crippen molar-refractivity contribution >= 4 is 0 Å². The summed E-state index contributed by atoms with van der Waals surface area (Å²) in [5.74, 6) is 1.35. The first-order chi connectivity index (χ1) is 9.33. The van der Waals surface area contributed by atoms with E-state index in [1.54, 1.807) is 24.8 Å². The fraction of sp³-hybridized carbons (Fsp3) is 0.0667. The largest absolute Gasteiger partial charge is 0.236 e. The lowest BCUT2D eigenvalue weighted by Crippen LogP contribution is -1.93. The third-order valence-corrected chi connectivity index (χ3v) is 2.72. The van der Waals surface area contributed by atoms with E-state index in [4.69, 9.17) is 0 Å². The minimum absolute atomic E-state index is 0.644. The van der Waals surface area contributed by atoms with E-state index in [9.17, 15) is 0 Å². The van der Waals surface area contributed by atoms with Crippen molar-refractivity contribution in [1.82, 2.24) is 19.9 Å². The lowest BCUT2D eigenvalue weighted by Gasteiger charge is -2.02. The molecular weight excluding hydrogens is 236 g/mol. The lowest BCUT2D eigenvalue weighted by atomic mass is 10.2. The van der Waals surface area contributed by atoms with Gasteiger partial charge < -0.3 is 0 Å². The average Bonchev–Trinajstić information content (AvgIpc) is 2.49. The zero-order valence-corrected chi connectivity index (χ0v) is 10.5. The summed E-state index contributed by atoms with van der Waals surface area (Å²) >= 11 is 0. The van der Waals surface area contributed by atoms with Crippen molar-refractivity contribution in [2.75, 3.05) is 0 Å². The number of aryl methyl sites for hydroxylation is 1. The molecule has 0 unspecified atom stereocenters. The van der Waals surface area contributed by atoms with Gasteiger partial charge in [-0.1, -0.05) is 30.3 Å². The molecule has 0 amide bonds. The maximum atomic E-state index is 4.36. The second-order valence-electron chi connectivity index (χ2n) is 4.25. The van der Waals surface area contributed by atoms with E-state index in [1.165, 1.54) is 0 Å². The van der Waals surface area contributed by atoms with Gasteiger partial charge in [0.05, 0.1) is 5.56 Å². The SMILES string of the molecule is Cc1cnc(-c2cnc(-c3ccccc3)nc2)nc1. The summed E-state index contributed by atoms with van der Waals surface area (Å²) < 4.78 is 0. The molecule has 0 atom stereocenters. The highest BCUT2D eigenvalue weighted by Crippen LogP contribution is 2.17. The molecule has 0 aliphatic carbocycles. The van der Waals surface area contributed by atoms with Gasteiger partial charge in [-0.2, -0.15) is 0 Å². The van der Waals surface area contributed by atoms with Gasteiger partial charge in [0.1, 0.15) is 0 Å². The Hall–Kier alpha value is -2.62. The Morgan fingerprint density at radius 1 is 0.632 bits per heavy atom. The monoisotopic (exact) mass is 248 g/mol. The Morgan fingerprint density at radius 3 is 1.79 bits per heavy atom. The fourth-order valence-electron chi connectivity index (χ4n) is 1.72. The van der Waals surface area contributed by atoms with Crippen LogP contribution in [0.1, 0.15) is 5.56 Å². The first kappa shape index (κ1) is 11.5. The molecule has 0 aliphatic heterocycles. The van der Waals surface area contributed by atoms with Gasteiger partial charge in [0.2, 0.25) is 0 Å². The van der Waals surface area contributed by atoms with Crippen molar-refractivity contribution in [1.29, 1.82) is 0 Å². The van der Waals surface area contributed by atoms with Gasteiger partial charge >= 0.3 is 0 Å². The van der Waals surface area contributed by atoms with E-state index in [0.29, 0.717) is 11.6 Å². The van der Waals surface area contributed by atoms with Crippen LogP contribution >= 0.6 is 0 Å². The van der Waals surface area contributed by atoms with Crippen molar-refractivity contribution in [3.63, 3.8) is 0 Å². The Kier molecular flexibility index (Phi) is 2.98. The normalized spacial score (nSPS) is 10.4. The van der Waals surface area contributed by atoms with Crippen LogP contribution in [0.15, 0.2) is 55.1 Å². The second-order valence-corrected chi connectivity index (χ2v) is 4.25. The first-order valence-electron chi connectivity index (χ1n) is 5.99. The number of rotatable bonds is 2. The molecule has 0 saturated carbocycles. The Bertz CT molecular complexity index is 661. The van der Waals surface area contributed by atoms with Gasteiger partial charge in [-0.05, 0) is 12.5 Å². The summed E-state index contributed by atoms with van der Waals surface area (Å²) in [6.07, 6.45) is 7.07. The summed E-state index contributed by atoms with van der Waals surface area (Å²) in [5.41, 5.74) is 2.85. The molecule has 0 bridgehead atoms. The quantitative estimate of drug-likeness (QED) is 0.699. The maximum absolute atomic E-state index is 4.36. The molecule has 3 rings (SSSR count). The molecule has 2 aromatic heterocycles. The smallest absolute Gasteiger partial charge is 0.162 e. The highest BCUT2D eigenvalue weighted by atomic mass is 14.9. The van der Waals surface area contributed by atoms with Crippen LogP contribution in [0, 0.1) is 6.92 Å². The molecule has 0 fully saturated rings. The summed E-state index contributed by atoms with van der Waals surface area (Å²) in [5, 5.41) is 0. The topological polar surface area (TPSA) is 51.6 Å².